The van der Waals surface area contributed by atoms with Crippen molar-refractivity contribution in [1.82, 2.24) is 10.2 Å². The summed E-state index contributed by atoms with van der Waals surface area (Å²) in [5, 5.41) is 16.4. The number of nitro benzene ring substituents is 1. The summed E-state index contributed by atoms with van der Waals surface area (Å²) in [6.45, 7) is 6.95. The van der Waals surface area contributed by atoms with Gasteiger partial charge in [0.2, 0.25) is 0 Å². The number of urea groups is 1. The van der Waals surface area contributed by atoms with Crippen molar-refractivity contribution in [3.05, 3.63) is 34.4 Å². The minimum atomic E-state index is -0.503. The Morgan fingerprint density at radius 3 is 2.57 bits per heavy atom. The fourth-order valence-electron chi connectivity index (χ4n) is 2.96. The largest absolute Gasteiger partial charge is 0.336 e. The van der Waals surface area contributed by atoms with E-state index in [9.17, 15) is 14.9 Å². The lowest BCUT2D eigenvalue weighted by atomic mass is 10.0. The van der Waals surface area contributed by atoms with Gasteiger partial charge in [-0.15, -0.1) is 0 Å². The Hall–Kier alpha value is -2.15. The van der Waals surface area contributed by atoms with E-state index < -0.39 is 11.0 Å². The molecule has 1 saturated heterocycles. The number of hydrogen-bond acceptors (Lipinski definition) is 4. The number of amides is 2. The summed E-state index contributed by atoms with van der Waals surface area (Å²) in [7, 11) is 0. The summed E-state index contributed by atoms with van der Waals surface area (Å²) < 4.78 is 0. The Labute approximate surface area is 136 Å². The molecule has 0 unspecified atom stereocenters. The standard InChI is InChI=1S/C16H24N4O3/c1-12(2)15(19-9-5-6-10-19)11-17-16(21)18-13-7-3-4-8-14(13)20(22)23/h3-4,7-8,12,15H,5-6,9-11H2,1-2H3,(H2,17,18,21)/t15-/m1/s1. The third-order valence-electron chi connectivity index (χ3n) is 4.20. The highest BCUT2D eigenvalue weighted by molar-refractivity contribution is 5.91. The molecule has 7 nitrogen and oxygen atoms in total. The van der Waals surface area contributed by atoms with Gasteiger partial charge in [-0.25, -0.2) is 4.79 Å². The van der Waals surface area contributed by atoms with E-state index >= 15 is 0 Å². The van der Waals surface area contributed by atoms with E-state index in [2.05, 4.69) is 29.4 Å². The molecule has 0 saturated carbocycles. The zero-order valence-corrected chi connectivity index (χ0v) is 13.6. The van der Waals surface area contributed by atoms with Crippen LogP contribution in [0, 0.1) is 16.0 Å². The molecule has 1 aliphatic heterocycles. The smallest absolute Gasteiger partial charge is 0.319 e. The molecule has 0 aliphatic carbocycles. The number of hydrogen-bond donors (Lipinski definition) is 2. The van der Waals surface area contributed by atoms with Gasteiger partial charge in [0.1, 0.15) is 5.69 Å². The number of para-hydroxylation sites is 2. The molecule has 1 fully saturated rings. The molecule has 0 aromatic heterocycles. The van der Waals surface area contributed by atoms with Crippen LogP contribution in [0.2, 0.25) is 0 Å². The number of anilines is 1. The highest BCUT2D eigenvalue weighted by atomic mass is 16.6. The minimum Gasteiger partial charge on any atom is -0.336 e. The van der Waals surface area contributed by atoms with Crippen LogP contribution in [0.3, 0.4) is 0 Å². The summed E-state index contributed by atoms with van der Waals surface area (Å²) in [6.07, 6.45) is 2.40. The van der Waals surface area contributed by atoms with E-state index in [0.29, 0.717) is 12.5 Å². The number of likely N-dealkylation sites (tertiary alicyclic amines) is 1. The zero-order chi connectivity index (χ0) is 16.8. The van der Waals surface area contributed by atoms with Crippen LogP contribution >= 0.6 is 0 Å². The molecule has 1 aromatic rings. The molecular weight excluding hydrogens is 296 g/mol. The maximum atomic E-state index is 12.1. The number of carbonyl (C=O) groups excluding carboxylic acids is 1. The van der Waals surface area contributed by atoms with Crippen molar-refractivity contribution in [2.24, 2.45) is 5.92 Å². The summed E-state index contributed by atoms with van der Waals surface area (Å²) in [5.74, 6) is 0.430. The number of nitrogens with zero attached hydrogens (tertiary/aromatic N) is 2. The van der Waals surface area contributed by atoms with Crippen molar-refractivity contribution in [2.75, 3.05) is 25.0 Å². The number of carbonyl (C=O) groups is 1. The first kappa shape index (κ1) is 17.2. The molecule has 7 heteroatoms. The van der Waals surface area contributed by atoms with Crippen molar-refractivity contribution in [3.63, 3.8) is 0 Å². The molecule has 2 rings (SSSR count). The molecule has 1 aromatic carbocycles. The van der Waals surface area contributed by atoms with Gasteiger partial charge in [-0.3, -0.25) is 15.0 Å². The first-order chi connectivity index (χ1) is 11.0. The molecule has 23 heavy (non-hydrogen) atoms. The van der Waals surface area contributed by atoms with E-state index in [0.717, 1.165) is 13.1 Å². The molecule has 0 radical (unpaired) electrons. The topological polar surface area (TPSA) is 87.5 Å². The number of rotatable bonds is 6. The van der Waals surface area contributed by atoms with Crippen LogP contribution in [-0.2, 0) is 0 Å². The highest BCUT2D eigenvalue weighted by Crippen LogP contribution is 2.23. The van der Waals surface area contributed by atoms with Gasteiger partial charge in [0.05, 0.1) is 4.92 Å². The molecule has 1 heterocycles. The summed E-state index contributed by atoms with van der Waals surface area (Å²) in [5.41, 5.74) is 0.0971. The Morgan fingerprint density at radius 1 is 1.30 bits per heavy atom. The lowest BCUT2D eigenvalue weighted by Gasteiger charge is -2.30. The second kappa shape index (κ2) is 7.92. The maximum absolute atomic E-state index is 12.1. The van der Waals surface area contributed by atoms with Crippen LogP contribution in [-0.4, -0.2) is 41.5 Å². The summed E-state index contributed by atoms with van der Waals surface area (Å²) >= 11 is 0. The Morgan fingerprint density at radius 2 is 1.96 bits per heavy atom. The zero-order valence-electron chi connectivity index (χ0n) is 13.6. The van der Waals surface area contributed by atoms with Gasteiger partial charge < -0.3 is 10.6 Å². The second-order valence-corrected chi connectivity index (χ2v) is 6.16. The predicted octanol–water partition coefficient (Wildman–Crippen LogP) is 2.84. The quantitative estimate of drug-likeness (QED) is 0.623. The average molecular weight is 320 g/mol. The monoisotopic (exact) mass is 320 g/mol. The Kier molecular flexibility index (Phi) is 5.92. The first-order valence-corrected chi connectivity index (χ1v) is 8.01. The average Bonchev–Trinajstić information content (AvgIpc) is 3.01. The van der Waals surface area contributed by atoms with Crippen molar-refractivity contribution in [1.29, 1.82) is 0 Å². The van der Waals surface area contributed by atoms with Crippen molar-refractivity contribution < 1.29 is 9.72 Å². The molecule has 2 amide bonds. The summed E-state index contributed by atoms with van der Waals surface area (Å²) in [6, 6.07) is 6.00. The van der Waals surface area contributed by atoms with Gasteiger partial charge in [0, 0.05) is 18.7 Å². The van der Waals surface area contributed by atoms with E-state index in [4.69, 9.17) is 0 Å². The van der Waals surface area contributed by atoms with Crippen LogP contribution in [0.5, 0.6) is 0 Å². The Bertz CT molecular complexity index is 556. The number of nitrogens with one attached hydrogen (secondary N) is 2. The molecule has 0 spiro atoms. The van der Waals surface area contributed by atoms with E-state index in [-0.39, 0.29) is 17.4 Å². The van der Waals surface area contributed by atoms with E-state index in [1.807, 2.05) is 0 Å². The van der Waals surface area contributed by atoms with E-state index in [1.54, 1.807) is 12.1 Å². The van der Waals surface area contributed by atoms with Crippen molar-refractivity contribution in [2.45, 2.75) is 32.7 Å². The van der Waals surface area contributed by atoms with Crippen LogP contribution in [0.25, 0.3) is 0 Å². The lowest BCUT2D eigenvalue weighted by molar-refractivity contribution is -0.383. The summed E-state index contributed by atoms with van der Waals surface area (Å²) in [4.78, 5) is 24.9. The second-order valence-electron chi connectivity index (χ2n) is 6.16. The van der Waals surface area contributed by atoms with Gasteiger partial charge in [-0.2, -0.15) is 0 Å². The van der Waals surface area contributed by atoms with Crippen molar-refractivity contribution >= 4 is 17.4 Å². The van der Waals surface area contributed by atoms with Crippen LogP contribution < -0.4 is 10.6 Å². The molecule has 126 valence electrons. The molecular formula is C16H24N4O3. The van der Waals surface area contributed by atoms with Crippen molar-refractivity contribution in [3.8, 4) is 0 Å². The fourth-order valence-corrected chi connectivity index (χ4v) is 2.96. The fraction of sp³-hybridized carbons (Fsp3) is 0.562. The van der Waals surface area contributed by atoms with Gasteiger partial charge in [0.25, 0.3) is 5.69 Å². The Balaban J connectivity index is 1.93. The van der Waals surface area contributed by atoms with Crippen LogP contribution in [0.15, 0.2) is 24.3 Å². The van der Waals surface area contributed by atoms with E-state index in [1.165, 1.54) is 25.0 Å². The lowest BCUT2D eigenvalue weighted by Crippen LogP contribution is -2.46. The molecule has 1 atom stereocenters. The van der Waals surface area contributed by atoms with Crippen LogP contribution in [0.1, 0.15) is 26.7 Å². The molecule has 1 aliphatic rings. The minimum absolute atomic E-state index is 0.109. The predicted molar refractivity (Wildman–Crippen MR) is 89.6 cm³/mol. The normalized spacial score (nSPS) is 16.3. The highest BCUT2D eigenvalue weighted by Gasteiger charge is 2.25. The first-order valence-electron chi connectivity index (χ1n) is 8.01. The SMILES string of the molecule is CC(C)[C@@H](CNC(=O)Nc1ccccc1[N+](=O)[O-])N1CCCC1. The third kappa shape index (κ3) is 4.66. The van der Waals surface area contributed by atoms with Crippen LogP contribution in [0.4, 0.5) is 16.2 Å². The molecule has 0 bridgehead atoms. The van der Waals surface area contributed by atoms with Gasteiger partial charge in [-0.05, 0) is 37.9 Å². The van der Waals surface area contributed by atoms with Gasteiger partial charge >= 0.3 is 6.03 Å². The maximum Gasteiger partial charge on any atom is 0.319 e. The number of benzene rings is 1. The third-order valence-corrected chi connectivity index (χ3v) is 4.20. The van der Waals surface area contributed by atoms with Gasteiger partial charge in [0.15, 0.2) is 0 Å². The molecule has 2 N–H and O–H groups in total. The van der Waals surface area contributed by atoms with Gasteiger partial charge in [-0.1, -0.05) is 26.0 Å². The number of nitro groups is 1.